The molecule has 4 rings (SSSR count). The van der Waals surface area contributed by atoms with Crippen LogP contribution in [-0.2, 0) is 17.8 Å². The number of hydrogen-bond donors (Lipinski definition) is 1. The average molecular weight is 341 g/mol. The predicted octanol–water partition coefficient (Wildman–Crippen LogP) is 2.73. The van der Waals surface area contributed by atoms with Crippen LogP contribution < -0.4 is 0 Å². The zero-order valence-electron chi connectivity index (χ0n) is 14.9. The number of fused-ring (bicyclic) bond motifs is 2. The number of allylic oxidation sites excluding steroid dienone is 1. The van der Waals surface area contributed by atoms with Crippen molar-refractivity contribution in [3.63, 3.8) is 0 Å². The SMILES string of the molecule is C=CCn1c(CN2CC[C@]3(OC)CC[C@@H](O)C[C@H]23)nc2ccccc21. The van der Waals surface area contributed by atoms with Gasteiger partial charge in [0.1, 0.15) is 5.82 Å². The molecule has 1 aromatic carbocycles. The summed E-state index contributed by atoms with van der Waals surface area (Å²) in [6.07, 6.45) is 5.30. The van der Waals surface area contributed by atoms with E-state index in [0.29, 0.717) is 0 Å². The summed E-state index contributed by atoms with van der Waals surface area (Å²) in [4.78, 5) is 7.32. The van der Waals surface area contributed by atoms with Crippen molar-refractivity contribution in [1.29, 1.82) is 0 Å². The van der Waals surface area contributed by atoms with E-state index in [0.717, 1.165) is 62.2 Å². The Morgan fingerprint density at radius 3 is 3.04 bits per heavy atom. The number of rotatable bonds is 5. The molecule has 0 amide bonds. The molecule has 5 heteroatoms. The van der Waals surface area contributed by atoms with Crippen LogP contribution in [0.1, 0.15) is 31.5 Å². The molecule has 0 unspecified atom stereocenters. The first-order valence-electron chi connectivity index (χ1n) is 9.19. The van der Waals surface area contributed by atoms with Crippen LogP contribution in [0, 0.1) is 0 Å². The summed E-state index contributed by atoms with van der Waals surface area (Å²) in [5.74, 6) is 1.06. The van der Waals surface area contributed by atoms with Crippen LogP contribution in [0.4, 0.5) is 0 Å². The van der Waals surface area contributed by atoms with Crippen molar-refractivity contribution in [2.75, 3.05) is 13.7 Å². The number of benzene rings is 1. The molecule has 5 nitrogen and oxygen atoms in total. The van der Waals surface area contributed by atoms with Crippen molar-refractivity contribution in [1.82, 2.24) is 14.5 Å². The van der Waals surface area contributed by atoms with Crippen LogP contribution in [0.15, 0.2) is 36.9 Å². The van der Waals surface area contributed by atoms with Gasteiger partial charge in [-0.05, 0) is 37.8 Å². The number of aliphatic hydroxyl groups excluding tert-OH is 1. The number of imidazole rings is 1. The quantitative estimate of drug-likeness (QED) is 0.850. The molecular formula is C20H27N3O2. The lowest BCUT2D eigenvalue weighted by Gasteiger charge is -2.42. The predicted molar refractivity (Wildman–Crippen MR) is 98.3 cm³/mol. The Balaban J connectivity index is 1.65. The molecule has 1 aliphatic heterocycles. The summed E-state index contributed by atoms with van der Waals surface area (Å²) in [5.41, 5.74) is 2.08. The number of aliphatic hydroxyl groups is 1. The maximum absolute atomic E-state index is 10.2. The van der Waals surface area contributed by atoms with Gasteiger partial charge in [-0.15, -0.1) is 6.58 Å². The topological polar surface area (TPSA) is 50.5 Å². The average Bonchev–Trinajstić information content (AvgIpc) is 3.15. The number of ether oxygens (including phenoxy) is 1. The first-order chi connectivity index (χ1) is 12.2. The van der Waals surface area contributed by atoms with Crippen LogP contribution in [0.2, 0.25) is 0 Å². The molecule has 1 N–H and O–H groups in total. The molecule has 134 valence electrons. The Kier molecular flexibility index (Phi) is 4.40. The minimum absolute atomic E-state index is 0.103. The lowest BCUT2D eigenvalue weighted by atomic mass is 9.79. The van der Waals surface area contributed by atoms with E-state index in [1.807, 2.05) is 19.3 Å². The number of aromatic nitrogens is 2. The van der Waals surface area contributed by atoms with E-state index in [2.05, 4.69) is 34.2 Å². The van der Waals surface area contributed by atoms with Gasteiger partial charge in [0.05, 0.1) is 29.3 Å². The van der Waals surface area contributed by atoms with Gasteiger partial charge in [-0.1, -0.05) is 18.2 Å². The van der Waals surface area contributed by atoms with Gasteiger partial charge in [0, 0.05) is 26.2 Å². The maximum Gasteiger partial charge on any atom is 0.124 e. The maximum atomic E-state index is 10.2. The number of para-hydroxylation sites is 2. The summed E-state index contributed by atoms with van der Waals surface area (Å²) < 4.78 is 8.20. The van der Waals surface area contributed by atoms with E-state index in [9.17, 15) is 5.11 Å². The van der Waals surface area contributed by atoms with Gasteiger partial charge in [-0.2, -0.15) is 0 Å². The van der Waals surface area contributed by atoms with Gasteiger partial charge < -0.3 is 14.4 Å². The van der Waals surface area contributed by atoms with Crippen LogP contribution in [0.5, 0.6) is 0 Å². The standard InChI is InChI=1S/C20H27N3O2/c1-3-11-23-17-7-5-4-6-16(17)21-19(23)14-22-12-10-20(25-2)9-8-15(24)13-18(20)22/h3-7,15,18,24H,1,8-14H2,2H3/t15-,18+,20-/m1/s1. The van der Waals surface area contributed by atoms with Crippen LogP contribution in [0.3, 0.4) is 0 Å². The molecule has 0 spiro atoms. The normalized spacial score (nSPS) is 29.8. The lowest BCUT2D eigenvalue weighted by molar-refractivity contribution is -0.0882. The third-order valence-electron chi connectivity index (χ3n) is 6.06. The fraction of sp³-hybridized carbons (Fsp3) is 0.550. The van der Waals surface area contributed by atoms with Gasteiger partial charge in [0.2, 0.25) is 0 Å². The number of hydrogen-bond acceptors (Lipinski definition) is 4. The van der Waals surface area contributed by atoms with Gasteiger partial charge in [0.15, 0.2) is 0 Å². The van der Waals surface area contributed by atoms with E-state index in [1.54, 1.807) is 0 Å². The minimum atomic E-state index is -0.221. The first-order valence-corrected chi connectivity index (χ1v) is 9.19. The summed E-state index contributed by atoms with van der Waals surface area (Å²) in [7, 11) is 1.82. The molecule has 1 aliphatic carbocycles. The van der Waals surface area contributed by atoms with Gasteiger partial charge in [-0.3, -0.25) is 4.90 Å². The highest BCUT2D eigenvalue weighted by atomic mass is 16.5. The van der Waals surface area contributed by atoms with Crippen molar-refractivity contribution < 1.29 is 9.84 Å². The van der Waals surface area contributed by atoms with E-state index in [-0.39, 0.29) is 17.7 Å². The molecule has 1 aromatic heterocycles. The molecule has 2 aliphatic rings. The zero-order valence-corrected chi connectivity index (χ0v) is 14.9. The molecular weight excluding hydrogens is 314 g/mol. The van der Waals surface area contributed by atoms with Crippen LogP contribution >= 0.6 is 0 Å². The second kappa shape index (κ2) is 6.56. The van der Waals surface area contributed by atoms with Crippen molar-refractivity contribution in [2.45, 2.75) is 56.5 Å². The van der Waals surface area contributed by atoms with Crippen molar-refractivity contribution in [2.24, 2.45) is 0 Å². The molecule has 2 fully saturated rings. The van der Waals surface area contributed by atoms with E-state index >= 15 is 0 Å². The highest BCUT2D eigenvalue weighted by molar-refractivity contribution is 5.75. The van der Waals surface area contributed by atoms with Crippen molar-refractivity contribution >= 4 is 11.0 Å². The fourth-order valence-electron chi connectivity index (χ4n) is 4.72. The Bertz CT molecular complexity index is 771. The second-order valence-electron chi connectivity index (χ2n) is 7.35. The minimum Gasteiger partial charge on any atom is -0.393 e. The highest BCUT2D eigenvalue weighted by Crippen LogP contribution is 2.43. The molecule has 0 radical (unpaired) electrons. The van der Waals surface area contributed by atoms with Gasteiger partial charge >= 0.3 is 0 Å². The fourth-order valence-corrected chi connectivity index (χ4v) is 4.72. The zero-order chi connectivity index (χ0) is 17.4. The molecule has 1 saturated carbocycles. The molecule has 25 heavy (non-hydrogen) atoms. The lowest BCUT2D eigenvalue weighted by Crippen LogP contribution is -2.51. The van der Waals surface area contributed by atoms with Crippen LogP contribution in [-0.4, -0.2) is 51.0 Å². The van der Waals surface area contributed by atoms with Crippen molar-refractivity contribution in [3.8, 4) is 0 Å². The number of nitrogens with zero attached hydrogens (tertiary/aromatic N) is 3. The van der Waals surface area contributed by atoms with Crippen molar-refractivity contribution in [3.05, 3.63) is 42.7 Å². The number of methoxy groups -OCH3 is 1. The monoisotopic (exact) mass is 341 g/mol. The number of likely N-dealkylation sites (tertiary alicyclic amines) is 1. The van der Waals surface area contributed by atoms with E-state index < -0.39 is 0 Å². The largest absolute Gasteiger partial charge is 0.393 e. The van der Waals surface area contributed by atoms with Gasteiger partial charge in [-0.25, -0.2) is 4.98 Å². The Hall–Kier alpha value is -1.69. The highest BCUT2D eigenvalue weighted by Gasteiger charge is 2.50. The molecule has 1 saturated heterocycles. The third-order valence-corrected chi connectivity index (χ3v) is 6.06. The Labute approximate surface area is 148 Å². The first kappa shape index (κ1) is 16.8. The Morgan fingerprint density at radius 1 is 1.40 bits per heavy atom. The summed E-state index contributed by atoms with van der Waals surface area (Å²) in [5, 5.41) is 10.2. The second-order valence-corrected chi connectivity index (χ2v) is 7.35. The summed E-state index contributed by atoms with van der Waals surface area (Å²) in [6, 6.07) is 8.52. The molecule has 2 aromatic rings. The molecule has 2 heterocycles. The smallest absolute Gasteiger partial charge is 0.124 e. The van der Waals surface area contributed by atoms with E-state index in [4.69, 9.17) is 9.72 Å². The van der Waals surface area contributed by atoms with E-state index in [1.165, 1.54) is 0 Å². The summed E-state index contributed by atoms with van der Waals surface area (Å²) in [6.45, 7) is 6.43. The third kappa shape index (κ3) is 2.80. The molecule has 0 bridgehead atoms. The Morgan fingerprint density at radius 2 is 2.24 bits per heavy atom. The van der Waals surface area contributed by atoms with Gasteiger partial charge in [0.25, 0.3) is 0 Å². The van der Waals surface area contributed by atoms with Crippen LogP contribution in [0.25, 0.3) is 11.0 Å². The molecule has 3 atom stereocenters. The summed E-state index contributed by atoms with van der Waals surface area (Å²) >= 11 is 0.